The number of nitrogens with one attached hydrogen (secondary N) is 1. The molecule has 2 heterocycles. The topological polar surface area (TPSA) is 91.8 Å². The largest absolute Gasteiger partial charge is 0.480 e. The standard InChI is InChI=1S/C12H17N3O4S/c1-8-14-9(5-20-8)3-13-11(18)15-6-12(2,7-15)19-4-10(16)17/h5H,3-4,6-7H2,1-2H3,(H,13,18)(H,16,17). The Labute approximate surface area is 120 Å². The number of carboxylic acids is 1. The van der Waals surface area contributed by atoms with E-state index >= 15 is 0 Å². The van der Waals surface area contributed by atoms with Crippen LogP contribution in [0.3, 0.4) is 0 Å². The van der Waals surface area contributed by atoms with Crippen molar-refractivity contribution in [3.63, 3.8) is 0 Å². The maximum Gasteiger partial charge on any atom is 0.329 e. The third-order valence-corrected chi connectivity index (χ3v) is 3.79. The highest BCUT2D eigenvalue weighted by molar-refractivity contribution is 7.09. The van der Waals surface area contributed by atoms with Gasteiger partial charge in [0.15, 0.2) is 0 Å². The predicted octanol–water partition coefficient (Wildman–Crippen LogP) is 0.837. The second-order valence-corrected chi connectivity index (χ2v) is 6.07. The number of carbonyl (C=O) groups excluding carboxylic acids is 1. The molecule has 20 heavy (non-hydrogen) atoms. The number of aromatic nitrogens is 1. The molecule has 1 aromatic rings. The van der Waals surface area contributed by atoms with Gasteiger partial charge in [-0.15, -0.1) is 11.3 Å². The summed E-state index contributed by atoms with van der Waals surface area (Å²) in [5.74, 6) is -1.01. The second-order valence-electron chi connectivity index (χ2n) is 5.00. The normalized spacial score (nSPS) is 16.6. The number of likely N-dealkylation sites (tertiary alicyclic amines) is 1. The van der Waals surface area contributed by atoms with Gasteiger partial charge in [0.25, 0.3) is 0 Å². The first-order valence-corrected chi connectivity index (χ1v) is 7.05. The van der Waals surface area contributed by atoms with Crippen LogP contribution in [0.2, 0.25) is 0 Å². The number of carbonyl (C=O) groups is 2. The van der Waals surface area contributed by atoms with Crippen LogP contribution in [0, 0.1) is 6.92 Å². The van der Waals surface area contributed by atoms with E-state index in [4.69, 9.17) is 9.84 Å². The van der Waals surface area contributed by atoms with Gasteiger partial charge in [-0.05, 0) is 13.8 Å². The first-order chi connectivity index (χ1) is 9.38. The molecular formula is C12H17N3O4S. The molecule has 1 aliphatic rings. The van der Waals surface area contributed by atoms with Crippen LogP contribution < -0.4 is 5.32 Å². The summed E-state index contributed by atoms with van der Waals surface area (Å²) in [5, 5.41) is 14.2. The highest BCUT2D eigenvalue weighted by atomic mass is 32.1. The Morgan fingerprint density at radius 3 is 2.85 bits per heavy atom. The smallest absolute Gasteiger partial charge is 0.329 e. The fourth-order valence-electron chi connectivity index (χ4n) is 2.00. The molecule has 1 aliphatic heterocycles. The van der Waals surface area contributed by atoms with Crippen molar-refractivity contribution >= 4 is 23.3 Å². The zero-order valence-electron chi connectivity index (χ0n) is 11.4. The van der Waals surface area contributed by atoms with Crippen molar-refractivity contribution in [3.05, 3.63) is 16.1 Å². The van der Waals surface area contributed by atoms with Crippen LogP contribution in [0.4, 0.5) is 4.79 Å². The minimum absolute atomic E-state index is 0.188. The molecule has 0 aliphatic carbocycles. The summed E-state index contributed by atoms with van der Waals surface area (Å²) in [4.78, 5) is 28.1. The number of rotatable bonds is 5. The summed E-state index contributed by atoms with van der Waals surface area (Å²) in [6.07, 6.45) is 0. The van der Waals surface area contributed by atoms with Gasteiger partial charge >= 0.3 is 12.0 Å². The molecule has 2 rings (SSSR count). The Balaban J connectivity index is 1.72. The Bertz CT molecular complexity index is 511. The van der Waals surface area contributed by atoms with Gasteiger partial charge in [-0.2, -0.15) is 0 Å². The molecule has 0 aromatic carbocycles. The van der Waals surface area contributed by atoms with Crippen LogP contribution in [0.15, 0.2) is 5.38 Å². The fraction of sp³-hybridized carbons (Fsp3) is 0.583. The second kappa shape index (κ2) is 5.76. The average Bonchev–Trinajstić information content (AvgIpc) is 2.76. The van der Waals surface area contributed by atoms with Gasteiger partial charge in [0.1, 0.15) is 12.2 Å². The molecule has 0 saturated carbocycles. The average molecular weight is 299 g/mol. The van der Waals surface area contributed by atoms with E-state index in [9.17, 15) is 9.59 Å². The highest BCUT2D eigenvalue weighted by Crippen LogP contribution is 2.24. The number of hydrogen-bond donors (Lipinski definition) is 2. The Hall–Kier alpha value is -1.67. The van der Waals surface area contributed by atoms with Crippen LogP contribution in [-0.2, 0) is 16.1 Å². The zero-order valence-corrected chi connectivity index (χ0v) is 12.2. The summed E-state index contributed by atoms with van der Waals surface area (Å²) >= 11 is 1.54. The van der Waals surface area contributed by atoms with E-state index in [-0.39, 0.29) is 12.6 Å². The van der Waals surface area contributed by atoms with E-state index in [1.165, 1.54) is 0 Å². The first-order valence-electron chi connectivity index (χ1n) is 6.17. The molecule has 1 fully saturated rings. The number of urea groups is 1. The summed E-state index contributed by atoms with van der Waals surface area (Å²) in [5.41, 5.74) is 0.277. The number of ether oxygens (including phenoxy) is 1. The van der Waals surface area contributed by atoms with Gasteiger partial charge in [0.05, 0.1) is 30.3 Å². The Morgan fingerprint density at radius 2 is 2.30 bits per heavy atom. The number of aliphatic carboxylic acids is 1. The molecule has 8 heteroatoms. The van der Waals surface area contributed by atoms with Crippen LogP contribution in [0.1, 0.15) is 17.6 Å². The van der Waals surface area contributed by atoms with Crippen molar-refractivity contribution in [2.45, 2.75) is 26.0 Å². The lowest BCUT2D eigenvalue weighted by molar-refractivity contribution is -0.159. The zero-order chi connectivity index (χ0) is 14.8. The molecule has 7 nitrogen and oxygen atoms in total. The quantitative estimate of drug-likeness (QED) is 0.840. The predicted molar refractivity (Wildman–Crippen MR) is 72.7 cm³/mol. The number of carboxylic acid groups (broad SMARTS) is 1. The molecule has 0 spiro atoms. The van der Waals surface area contributed by atoms with Crippen LogP contribution in [0.25, 0.3) is 0 Å². The first kappa shape index (κ1) is 14.7. The number of aryl methyl sites for hydroxylation is 1. The molecule has 0 atom stereocenters. The van der Waals surface area contributed by atoms with Crippen LogP contribution in [0.5, 0.6) is 0 Å². The van der Waals surface area contributed by atoms with E-state index in [2.05, 4.69) is 10.3 Å². The minimum Gasteiger partial charge on any atom is -0.480 e. The van der Waals surface area contributed by atoms with Crippen molar-refractivity contribution in [3.8, 4) is 0 Å². The number of nitrogens with zero attached hydrogens (tertiary/aromatic N) is 2. The lowest BCUT2D eigenvalue weighted by Gasteiger charge is -2.46. The van der Waals surface area contributed by atoms with Crippen molar-refractivity contribution in [2.75, 3.05) is 19.7 Å². The minimum atomic E-state index is -1.01. The number of thiazole rings is 1. The van der Waals surface area contributed by atoms with Crippen LogP contribution in [-0.4, -0.2) is 52.3 Å². The van der Waals surface area contributed by atoms with E-state index in [0.29, 0.717) is 19.6 Å². The van der Waals surface area contributed by atoms with Gasteiger partial charge in [0, 0.05) is 5.38 Å². The van der Waals surface area contributed by atoms with E-state index in [0.717, 1.165) is 10.7 Å². The van der Waals surface area contributed by atoms with Crippen molar-refractivity contribution in [1.29, 1.82) is 0 Å². The van der Waals surface area contributed by atoms with E-state index in [1.54, 1.807) is 23.2 Å². The van der Waals surface area contributed by atoms with Gasteiger partial charge in [0.2, 0.25) is 0 Å². The van der Waals surface area contributed by atoms with E-state index in [1.807, 2.05) is 12.3 Å². The van der Waals surface area contributed by atoms with Gasteiger partial charge in [-0.3, -0.25) is 0 Å². The highest BCUT2D eigenvalue weighted by Gasteiger charge is 2.42. The third kappa shape index (κ3) is 3.67. The molecule has 1 saturated heterocycles. The monoisotopic (exact) mass is 299 g/mol. The summed E-state index contributed by atoms with van der Waals surface area (Å²) in [6.45, 7) is 4.54. The summed E-state index contributed by atoms with van der Waals surface area (Å²) < 4.78 is 5.24. The van der Waals surface area contributed by atoms with Crippen molar-refractivity contribution in [1.82, 2.24) is 15.2 Å². The molecule has 1 aromatic heterocycles. The van der Waals surface area contributed by atoms with E-state index < -0.39 is 11.6 Å². The molecule has 0 bridgehead atoms. The molecular weight excluding hydrogens is 282 g/mol. The molecule has 0 unspecified atom stereocenters. The Kier molecular flexibility index (Phi) is 4.24. The summed E-state index contributed by atoms with van der Waals surface area (Å²) in [6, 6.07) is -0.188. The maximum absolute atomic E-state index is 11.8. The fourth-order valence-corrected chi connectivity index (χ4v) is 2.61. The molecule has 110 valence electrons. The molecule has 2 N–H and O–H groups in total. The molecule has 2 amide bonds. The lowest BCUT2D eigenvalue weighted by Crippen LogP contribution is -2.65. The number of hydrogen-bond acceptors (Lipinski definition) is 5. The summed E-state index contributed by atoms with van der Waals surface area (Å²) in [7, 11) is 0. The van der Waals surface area contributed by atoms with Crippen molar-refractivity contribution < 1.29 is 19.4 Å². The number of amides is 2. The Morgan fingerprint density at radius 1 is 1.60 bits per heavy atom. The third-order valence-electron chi connectivity index (χ3n) is 2.97. The maximum atomic E-state index is 11.8. The SMILES string of the molecule is Cc1nc(CNC(=O)N2CC(C)(OCC(=O)O)C2)cs1. The van der Waals surface area contributed by atoms with Crippen molar-refractivity contribution in [2.24, 2.45) is 0 Å². The lowest BCUT2D eigenvalue weighted by atomic mass is 9.97. The van der Waals surface area contributed by atoms with Gasteiger partial charge in [-0.25, -0.2) is 14.6 Å². The molecule has 0 radical (unpaired) electrons. The van der Waals surface area contributed by atoms with Gasteiger partial charge < -0.3 is 20.1 Å². The van der Waals surface area contributed by atoms with Gasteiger partial charge in [-0.1, -0.05) is 0 Å². The van der Waals surface area contributed by atoms with Crippen LogP contribution >= 0.6 is 11.3 Å².